The quantitative estimate of drug-likeness (QED) is 0.145. The van der Waals surface area contributed by atoms with E-state index in [2.05, 4.69) is 43.3 Å². The summed E-state index contributed by atoms with van der Waals surface area (Å²) in [5.74, 6) is 2.05. The van der Waals surface area contributed by atoms with Gasteiger partial charge in [0.2, 0.25) is 5.88 Å². The second-order valence-corrected chi connectivity index (χ2v) is 12.0. The Morgan fingerprint density at radius 3 is 2.27 bits per heavy atom. The maximum atomic E-state index is 11.8. The molecule has 1 radical (unpaired) electrons. The van der Waals surface area contributed by atoms with Gasteiger partial charge < -0.3 is 9.84 Å². The molecule has 1 aromatic carbocycles. The predicted molar refractivity (Wildman–Crippen MR) is 152 cm³/mol. The molecule has 205 valence electrons. The minimum absolute atomic E-state index is 0. The van der Waals surface area contributed by atoms with Crippen LogP contribution in [0.4, 0.5) is 0 Å². The third-order valence-corrected chi connectivity index (χ3v) is 7.77. The van der Waals surface area contributed by atoms with E-state index < -0.39 is 0 Å². The first kappa shape index (κ1) is 33.0. The van der Waals surface area contributed by atoms with Gasteiger partial charge in [0.15, 0.2) is 5.78 Å². The zero-order valence-electron chi connectivity index (χ0n) is 23.9. The van der Waals surface area contributed by atoms with Gasteiger partial charge in [-0.3, -0.25) is 4.79 Å². The van der Waals surface area contributed by atoms with Gasteiger partial charge >= 0.3 is 0 Å². The molecule has 2 heterocycles. The van der Waals surface area contributed by atoms with Crippen molar-refractivity contribution in [1.29, 1.82) is 0 Å². The minimum atomic E-state index is -0.377. The fourth-order valence-electron chi connectivity index (χ4n) is 3.33. The van der Waals surface area contributed by atoms with E-state index in [9.17, 15) is 9.90 Å². The number of thiophene rings is 1. The molecule has 0 aliphatic rings. The Morgan fingerprint density at radius 1 is 1.11 bits per heavy atom. The average molecular weight is 701 g/mol. The third-order valence-electron chi connectivity index (χ3n) is 6.82. The molecular weight excluding hydrogens is 659 g/mol. The number of carbonyl (C=O) groups excluding carboxylic acids is 1. The normalized spacial score (nSPS) is 12.1. The molecule has 0 saturated carbocycles. The Hall–Kier alpha value is -2.01. The van der Waals surface area contributed by atoms with Crippen molar-refractivity contribution in [2.24, 2.45) is 10.8 Å². The van der Waals surface area contributed by atoms with Crippen LogP contribution < -0.4 is 4.74 Å². The van der Waals surface area contributed by atoms with Crippen LogP contribution in [-0.2, 0) is 24.9 Å². The first-order valence-corrected chi connectivity index (χ1v) is 13.6. The number of hydrogen-bond donors (Lipinski definition) is 1. The van der Waals surface area contributed by atoms with Gasteiger partial charge in [0.1, 0.15) is 5.76 Å². The Bertz CT molecular complexity index is 1200. The van der Waals surface area contributed by atoms with E-state index in [0.29, 0.717) is 11.8 Å². The first-order valence-electron chi connectivity index (χ1n) is 12.7. The van der Waals surface area contributed by atoms with Gasteiger partial charge in [-0.1, -0.05) is 69.2 Å². The molecule has 37 heavy (non-hydrogen) atoms. The summed E-state index contributed by atoms with van der Waals surface area (Å²) in [4.78, 5) is 16.2. The van der Waals surface area contributed by atoms with Crippen molar-refractivity contribution in [3.8, 4) is 11.6 Å². The molecule has 0 atom stereocenters. The zero-order chi connectivity index (χ0) is 27.3. The van der Waals surface area contributed by atoms with Crippen molar-refractivity contribution in [1.82, 2.24) is 4.98 Å². The molecule has 0 spiro atoms. The Labute approximate surface area is 240 Å². The summed E-state index contributed by atoms with van der Waals surface area (Å²) in [5, 5.41) is 13.3. The average Bonchev–Trinajstić information content (AvgIpc) is 3.22. The van der Waals surface area contributed by atoms with Crippen molar-refractivity contribution < 1.29 is 34.7 Å². The summed E-state index contributed by atoms with van der Waals surface area (Å²) in [5.41, 5.74) is 2.91. The zero-order valence-corrected chi connectivity index (χ0v) is 27.1. The molecule has 3 rings (SSSR count). The van der Waals surface area contributed by atoms with Crippen LogP contribution in [0.25, 0.3) is 10.1 Å². The third kappa shape index (κ3) is 9.05. The van der Waals surface area contributed by atoms with Crippen LogP contribution in [0.15, 0.2) is 41.6 Å². The summed E-state index contributed by atoms with van der Waals surface area (Å²) in [6.07, 6.45) is 4.88. The van der Waals surface area contributed by atoms with Crippen LogP contribution in [0.3, 0.4) is 0 Å². The van der Waals surface area contributed by atoms with Gasteiger partial charge in [-0.15, -0.1) is 23.5 Å². The van der Waals surface area contributed by atoms with E-state index in [1.54, 1.807) is 11.3 Å². The Morgan fingerprint density at radius 2 is 1.73 bits per heavy atom. The first-order chi connectivity index (χ1) is 16.7. The number of ketones is 1. The summed E-state index contributed by atoms with van der Waals surface area (Å²) < 4.78 is 7.09. The molecule has 6 heteroatoms. The van der Waals surface area contributed by atoms with E-state index in [1.165, 1.54) is 27.3 Å². The standard InChI is InChI=1S/C18H18NOS.C13H24O2.Ir/c1-11(2)16-10-21-17-9-19-18(8-15(16)17)20-14-6-12(3)5-13(4)7-14;1-7-12(3,4)10(14)9-11(15)13(5,6)8-2;/h5-6,8-11H,1-4H3;9,14H,7-8H2,1-6H3;/q-1;;/b;10-9-;. The van der Waals surface area contributed by atoms with Gasteiger partial charge in [0.25, 0.3) is 0 Å². The summed E-state index contributed by atoms with van der Waals surface area (Å²) >= 11 is 1.74. The maximum absolute atomic E-state index is 11.8. The smallest absolute Gasteiger partial charge is 0.217 e. The van der Waals surface area contributed by atoms with Crippen LogP contribution in [0.5, 0.6) is 11.6 Å². The molecule has 0 bridgehead atoms. The van der Waals surface area contributed by atoms with E-state index in [0.717, 1.165) is 24.2 Å². The summed E-state index contributed by atoms with van der Waals surface area (Å²) in [7, 11) is 0. The predicted octanol–water partition coefficient (Wildman–Crippen LogP) is 9.50. The van der Waals surface area contributed by atoms with E-state index in [1.807, 2.05) is 66.8 Å². The molecule has 0 aliphatic carbocycles. The number of ether oxygens (including phenoxy) is 1. The fraction of sp³-hybridized carbons (Fsp3) is 0.484. The molecule has 0 amide bonds. The van der Waals surface area contributed by atoms with Gasteiger partial charge in [-0.05, 0) is 29.7 Å². The molecule has 0 unspecified atom stereocenters. The fourth-order valence-corrected chi connectivity index (χ4v) is 4.40. The number of allylic oxidation sites excluding steroid dienone is 2. The van der Waals surface area contributed by atoms with Crippen molar-refractivity contribution >= 4 is 27.2 Å². The number of carbonyl (C=O) groups is 1. The van der Waals surface area contributed by atoms with Gasteiger partial charge in [0, 0.05) is 60.4 Å². The molecule has 0 fully saturated rings. The topological polar surface area (TPSA) is 59.4 Å². The maximum Gasteiger partial charge on any atom is 0.217 e. The second kappa shape index (κ2) is 13.7. The molecule has 3 aromatic rings. The Kier molecular flexibility index (Phi) is 12.2. The minimum Gasteiger partial charge on any atom is -0.512 e. The number of nitrogens with zero attached hydrogens (tertiary/aromatic N) is 1. The Balaban J connectivity index is 0.000000384. The number of aryl methyl sites for hydroxylation is 2. The SMILES string of the molecule is CCC(C)(C)C(=O)/C=C(\O)C(C)(C)CC.Cc1[c-]c(Oc2cc3c(C(C)C)csc3cn2)cc(C)c1.[Ir]. The van der Waals surface area contributed by atoms with Crippen molar-refractivity contribution in [2.75, 3.05) is 0 Å². The molecule has 0 saturated heterocycles. The van der Waals surface area contributed by atoms with Crippen LogP contribution in [0, 0.1) is 30.7 Å². The van der Waals surface area contributed by atoms with Crippen molar-refractivity contribution in [3.63, 3.8) is 0 Å². The van der Waals surface area contributed by atoms with Gasteiger partial charge in [-0.25, -0.2) is 4.98 Å². The molecule has 2 aromatic heterocycles. The van der Waals surface area contributed by atoms with E-state index in [-0.39, 0.29) is 42.5 Å². The van der Waals surface area contributed by atoms with Crippen LogP contribution in [-0.4, -0.2) is 15.9 Å². The summed E-state index contributed by atoms with van der Waals surface area (Å²) in [6.45, 7) is 20.1. The number of aliphatic hydroxyl groups excluding tert-OH is 1. The van der Waals surface area contributed by atoms with Crippen molar-refractivity contribution in [3.05, 3.63) is 64.4 Å². The summed E-state index contributed by atoms with van der Waals surface area (Å²) in [6, 6.07) is 9.32. The van der Waals surface area contributed by atoms with Gasteiger partial charge in [0.05, 0.1) is 4.70 Å². The molecule has 0 aliphatic heterocycles. The van der Waals surface area contributed by atoms with Crippen LogP contribution >= 0.6 is 11.3 Å². The number of hydrogen-bond acceptors (Lipinski definition) is 5. The van der Waals surface area contributed by atoms with Crippen LogP contribution in [0.2, 0.25) is 0 Å². The van der Waals surface area contributed by atoms with Crippen molar-refractivity contribution in [2.45, 2.75) is 88.0 Å². The number of benzene rings is 1. The number of aliphatic hydroxyl groups is 1. The number of pyridine rings is 1. The monoisotopic (exact) mass is 701 g/mol. The van der Waals surface area contributed by atoms with Gasteiger partial charge in [-0.2, -0.15) is 17.2 Å². The number of fused-ring (bicyclic) bond motifs is 1. The van der Waals surface area contributed by atoms with E-state index in [4.69, 9.17) is 4.74 Å². The second-order valence-electron chi connectivity index (χ2n) is 11.0. The van der Waals surface area contributed by atoms with Crippen LogP contribution in [0.1, 0.15) is 90.8 Å². The van der Waals surface area contributed by atoms with E-state index >= 15 is 0 Å². The molecule has 1 N–H and O–H groups in total. The number of rotatable bonds is 8. The largest absolute Gasteiger partial charge is 0.512 e. The molecular formula is C31H42IrNO3S-. The number of aromatic nitrogens is 1. The molecule has 4 nitrogen and oxygen atoms in total.